The van der Waals surface area contributed by atoms with E-state index in [9.17, 15) is 14.7 Å². The van der Waals surface area contributed by atoms with Crippen molar-refractivity contribution in [3.63, 3.8) is 0 Å². The van der Waals surface area contributed by atoms with Crippen LogP contribution >= 0.6 is 0 Å². The van der Waals surface area contributed by atoms with Gasteiger partial charge < -0.3 is 5.11 Å². The summed E-state index contributed by atoms with van der Waals surface area (Å²) >= 11 is 0. The highest BCUT2D eigenvalue weighted by Crippen LogP contribution is 2.29. The summed E-state index contributed by atoms with van der Waals surface area (Å²) in [5.74, 6) is 0.492. The molecule has 0 spiro atoms. The molecule has 1 aliphatic carbocycles. The van der Waals surface area contributed by atoms with Gasteiger partial charge in [-0.1, -0.05) is 29.4 Å². The van der Waals surface area contributed by atoms with Gasteiger partial charge in [-0.15, -0.1) is 0 Å². The minimum Gasteiger partial charge on any atom is -0.507 e. The molecule has 31 heavy (non-hydrogen) atoms. The Hall–Kier alpha value is -2.68. The second-order valence-corrected chi connectivity index (χ2v) is 8.95. The molecule has 1 aromatic rings. The summed E-state index contributed by atoms with van der Waals surface area (Å²) in [5, 5.41) is 10.0. The molecule has 3 nitrogen and oxygen atoms in total. The van der Waals surface area contributed by atoms with Crippen LogP contribution in [0.5, 0.6) is 5.75 Å². The molecular formula is C28H38O3. The van der Waals surface area contributed by atoms with E-state index in [1.807, 2.05) is 33.8 Å². The summed E-state index contributed by atoms with van der Waals surface area (Å²) < 4.78 is 0. The number of ketones is 2. The van der Waals surface area contributed by atoms with Gasteiger partial charge in [-0.3, -0.25) is 9.59 Å². The Morgan fingerprint density at radius 3 is 1.74 bits per heavy atom. The van der Waals surface area contributed by atoms with E-state index in [2.05, 4.69) is 32.9 Å². The van der Waals surface area contributed by atoms with Crippen LogP contribution in [-0.4, -0.2) is 16.7 Å². The maximum absolute atomic E-state index is 12.0. The van der Waals surface area contributed by atoms with E-state index in [1.54, 1.807) is 20.8 Å². The molecule has 1 aromatic carbocycles. The maximum atomic E-state index is 12.0. The molecule has 0 aliphatic heterocycles. The van der Waals surface area contributed by atoms with Gasteiger partial charge in [0.1, 0.15) is 5.75 Å². The van der Waals surface area contributed by atoms with Crippen molar-refractivity contribution in [2.75, 3.05) is 0 Å². The van der Waals surface area contributed by atoms with Gasteiger partial charge in [0, 0.05) is 27.9 Å². The monoisotopic (exact) mass is 422 g/mol. The predicted octanol–water partition coefficient (Wildman–Crippen LogP) is 6.97. The number of hydrogen-bond acceptors (Lipinski definition) is 3. The van der Waals surface area contributed by atoms with Crippen LogP contribution in [0.3, 0.4) is 0 Å². The summed E-state index contributed by atoms with van der Waals surface area (Å²) in [5.41, 5.74) is 9.25. The highest BCUT2D eigenvalue weighted by atomic mass is 16.3. The fourth-order valence-corrected chi connectivity index (χ4v) is 3.39. The molecule has 1 aliphatic rings. The Morgan fingerprint density at radius 2 is 1.23 bits per heavy atom. The fourth-order valence-electron chi connectivity index (χ4n) is 3.39. The van der Waals surface area contributed by atoms with Gasteiger partial charge in [0.2, 0.25) is 0 Å². The third-order valence-electron chi connectivity index (χ3n) is 5.88. The summed E-state index contributed by atoms with van der Waals surface area (Å²) in [4.78, 5) is 23.9. The van der Waals surface area contributed by atoms with Gasteiger partial charge >= 0.3 is 0 Å². The van der Waals surface area contributed by atoms with E-state index in [4.69, 9.17) is 0 Å². The van der Waals surface area contributed by atoms with Crippen molar-refractivity contribution in [3.8, 4) is 5.75 Å². The number of benzene rings is 1. The van der Waals surface area contributed by atoms with Crippen LogP contribution in [0.15, 0.2) is 51.7 Å². The van der Waals surface area contributed by atoms with E-state index in [0.717, 1.165) is 28.7 Å². The molecular weight excluding hydrogens is 384 g/mol. The van der Waals surface area contributed by atoms with E-state index >= 15 is 0 Å². The molecule has 0 saturated carbocycles. The van der Waals surface area contributed by atoms with Crippen molar-refractivity contribution in [3.05, 3.63) is 73.9 Å². The SMILES string of the molecule is CC(C)=CCC1=C(C)C(=O)C(C)=C(C)C1=O.CC(C)=CCc1c(C)cc(C)c(C)c1O. The van der Waals surface area contributed by atoms with Gasteiger partial charge in [-0.05, 0) is 98.8 Å². The molecule has 0 saturated heterocycles. The zero-order chi connectivity index (χ0) is 24.0. The van der Waals surface area contributed by atoms with Crippen molar-refractivity contribution in [2.45, 2.75) is 82.1 Å². The average molecular weight is 423 g/mol. The van der Waals surface area contributed by atoms with Crippen LogP contribution in [-0.2, 0) is 16.0 Å². The van der Waals surface area contributed by atoms with Crippen LogP contribution in [0.2, 0.25) is 0 Å². The Labute approximate surface area is 188 Å². The Kier molecular flexibility index (Phi) is 9.42. The van der Waals surface area contributed by atoms with Crippen LogP contribution in [0.25, 0.3) is 0 Å². The maximum Gasteiger partial charge on any atom is 0.185 e. The highest BCUT2D eigenvalue weighted by molar-refractivity contribution is 6.24. The third kappa shape index (κ3) is 6.65. The predicted molar refractivity (Wildman–Crippen MR) is 131 cm³/mol. The number of allylic oxidation sites excluding steroid dienone is 8. The van der Waals surface area contributed by atoms with Gasteiger partial charge in [-0.2, -0.15) is 0 Å². The highest BCUT2D eigenvalue weighted by Gasteiger charge is 2.26. The number of carbonyl (C=O) groups excluding carboxylic acids is 2. The van der Waals surface area contributed by atoms with Crippen molar-refractivity contribution >= 4 is 11.6 Å². The first-order valence-electron chi connectivity index (χ1n) is 10.8. The zero-order valence-electron chi connectivity index (χ0n) is 20.9. The number of aryl methyl sites for hydroxylation is 2. The van der Waals surface area contributed by atoms with Crippen LogP contribution in [0, 0.1) is 20.8 Å². The molecule has 0 amide bonds. The third-order valence-corrected chi connectivity index (χ3v) is 5.88. The quantitative estimate of drug-likeness (QED) is 0.421. The van der Waals surface area contributed by atoms with Gasteiger partial charge in [-0.25, -0.2) is 0 Å². The van der Waals surface area contributed by atoms with Crippen molar-refractivity contribution in [2.24, 2.45) is 0 Å². The average Bonchev–Trinajstić information content (AvgIpc) is 2.69. The minimum absolute atomic E-state index is 0.00857. The number of Topliss-reactive ketones (excluding diaryl/α,β-unsaturated/α-hetero) is 2. The summed E-state index contributed by atoms with van der Waals surface area (Å²) in [6.07, 6.45) is 5.51. The molecule has 1 N–H and O–H groups in total. The van der Waals surface area contributed by atoms with E-state index in [-0.39, 0.29) is 11.6 Å². The lowest BCUT2D eigenvalue weighted by atomic mass is 9.84. The Bertz CT molecular complexity index is 1000. The van der Waals surface area contributed by atoms with E-state index in [1.165, 1.54) is 11.1 Å². The fraction of sp³-hybridized carbons (Fsp3) is 0.429. The van der Waals surface area contributed by atoms with Gasteiger partial charge in [0.05, 0.1) is 0 Å². The van der Waals surface area contributed by atoms with Crippen LogP contribution < -0.4 is 0 Å². The van der Waals surface area contributed by atoms with Crippen molar-refractivity contribution in [1.82, 2.24) is 0 Å². The van der Waals surface area contributed by atoms with Crippen molar-refractivity contribution in [1.29, 1.82) is 0 Å². The first kappa shape index (κ1) is 26.4. The lowest BCUT2D eigenvalue weighted by Crippen LogP contribution is -2.20. The molecule has 0 atom stereocenters. The number of aromatic hydroxyl groups is 1. The number of rotatable bonds is 4. The first-order valence-corrected chi connectivity index (χ1v) is 10.8. The van der Waals surface area contributed by atoms with E-state index < -0.39 is 0 Å². The lowest BCUT2D eigenvalue weighted by molar-refractivity contribution is -0.116. The number of phenolic OH excluding ortho intramolecular Hbond substituents is 1. The zero-order valence-corrected chi connectivity index (χ0v) is 20.9. The molecule has 0 aromatic heterocycles. The van der Waals surface area contributed by atoms with E-state index in [0.29, 0.717) is 34.5 Å². The molecule has 2 rings (SSSR count). The second-order valence-electron chi connectivity index (χ2n) is 8.95. The topological polar surface area (TPSA) is 54.4 Å². The molecule has 0 fully saturated rings. The summed E-state index contributed by atoms with van der Waals surface area (Å²) in [6.45, 7) is 19.4. The Balaban J connectivity index is 0.000000311. The molecule has 3 heteroatoms. The number of carbonyl (C=O) groups is 2. The first-order chi connectivity index (χ1) is 14.3. The molecule has 0 radical (unpaired) electrons. The largest absolute Gasteiger partial charge is 0.507 e. The van der Waals surface area contributed by atoms with Crippen LogP contribution in [0.1, 0.15) is 77.1 Å². The molecule has 168 valence electrons. The van der Waals surface area contributed by atoms with Crippen LogP contribution in [0.4, 0.5) is 0 Å². The molecule has 0 bridgehead atoms. The number of hydrogen-bond donors (Lipinski definition) is 1. The smallest absolute Gasteiger partial charge is 0.185 e. The number of phenols is 1. The summed E-state index contributed by atoms with van der Waals surface area (Å²) in [7, 11) is 0. The lowest BCUT2D eigenvalue weighted by Gasteiger charge is -2.17. The normalized spacial score (nSPS) is 13.7. The summed E-state index contributed by atoms with van der Waals surface area (Å²) in [6, 6.07) is 2.14. The molecule has 0 heterocycles. The van der Waals surface area contributed by atoms with Gasteiger partial charge in [0.25, 0.3) is 0 Å². The Morgan fingerprint density at radius 1 is 0.742 bits per heavy atom. The molecule has 0 unspecified atom stereocenters. The second kappa shape index (κ2) is 11.1. The minimum atomic E-state index is 0.00857. The van der Waals surface area contributed by atoms with Crippen molar-refractivity contribution < 1.29 is 14.7 Å². The van der Waals surface area contributed by atoms with Gasteiger partial charge in [0.15, 0.2) is 11.6 Å². The standard InChI is InChI=1S/C14H18O2.C14H20O/c1-8(2)6-7-12-11(5)13(15)9(3)10(4)14(12)16;1-9(2)6-7-13-11(4)8-10(3)12(5)14(13)15/h6H,7H2,1-5H3;6,8,15H,7H2,1-5H3.